The van der Waals surface area contributed by atoms with Crippen LogP contribution in [0.2, 0.25) is 0 Å². The van der Waals surface area contributed by atoms with Crippen molar-refractivity contribution in [3.63, 3.8) is 0 Å². The lowest BCUT2D eigenvalue weighted by molar-refractivity contribution is 0.00516. The first-order valence-corrected chi connectivity index (χ1v) is 7.39. The van der Waals surface area contributed by atoms with Crippen LogP contribution < -0.4 is 0 Å². The van der Waals surface area contributed by atoms with Crippen LogP contribution in [0.5, 0.6) is 0 Å². The highest BCUT2D eigenvalue weighted by atomic mass is 79.9. The number of carbonyl (C=O) groups excluding carboxylic acids is 1. The fourth-order valence-corrected chi connectivity index (χ4v) is 2.37. The van der Waals surface area contributed by atoms with Crippen LogP contribution in [-0.4, -0.2) is 32.3 Å². The summed E-state index contributed by atoms with van der Waals surface area (Å²) in [5.74, 6) is -0.998. The van der Waals surface area contributed by atoms with Gasteiger partial charge in [0.25, 0.3) is 0 Å². The number of esters is 1. The van der Waals surface area contributed by atoms with Crippen molar-refractivity contribution in [1.82, 2.24) is 9.55 Å². The van der Waals surface area contributed by atoms with E-state index in [9.17, 15) is 14.7 Å². The Kier molecular flexibility index (Phi) is 4.04. The summed E-state index contributed by atoms with van der Waals surface area (Å²) in [5, 5.41) is 9.88. The maximum Gasteiger partial charge on any atom is 0.417 e. The number of carbonyl (C=O) groups is 2. The minimum Gasteiger partial charge on any atom is -0.464 e. The molecule has 6 nitrogen and oxygen atoms in total. The molecule has 0 amide bonds. The van der Waals surface area contributed by atoms with E-state index in [2.05, 4.69) is 20.9 Å². The molecule has 0 spiro atoms. The van der Waals surface area contributed by atoms with E-state index in [1.807, 2.05) is 6.07 Å². The van der Waals surface area contributed by atoms with Crippen LogP contribution in [-0.2, 0) is 10.1 Å². The second-order valence-electron chi connectivity index (χ2n) is 5.47. The number of halogens is 1. The second kappa shape index (κ2) is 5.48. The Bertz CT molecular complexity index is 716. The van der Waals surface area contributed by atoms with E-state index >= 15 is 0 Å². The zero-order valence-corrected chi connectivity index (χ0v) is 13.5. The molecule has 1 aromatic heterocycles. The van der Waals surface area contributed by atoms with Gasteiger partial charge in [0.1, 0.15) is 5.60 Å². The maximum absolute atomic E-state index is 12.2. The van der Waals surface area contributed by atoms with Gasteiger partial charge < -0.3 is 9.84 Å². The van der Waals surface area contributed by atoms with Gasteiger partial charge in [-0.25, -0.2) is 19.1 Å². The van der Waals surface area contributed by atoms with Crippen molar-refractivity contribution in [3.8, 4) is 0 Å². The fraction of sp³-hybridized carbons (Fsp3) is 0.357. The van der Waals surface area contributed by atoms with Crippen LogP contribution >= 0.6 is 15.9 Å². The lowest BCUT2D eigenvalue weighted by atomic mass is 10.2. The summed E-state index contributed by atoms with van der Waals surface area (Å²) in [4.78, 5) is 27.8. The van der Waals surface area contributed by atoms with Crippen molar-refractivity contribution in [3.05, 3.63) is 29.6 Å². The average molecular weight is 355 g/mol. The van der Waals surface area contributed by atoms with E-state index in [1.165, 1.54) is 0 Å². The quantitative estimate of drug-likeness (QED) is 0.660. The van der Waals surface area contributed by atoms with Crippen LogP contribution in [0.3, 0.4) is 0 Å². The molecule has 2 aromatic rings. The molecule has 0 aliphatic heterocycles. The number of para-hydroxylation sites is 1. The summed E-state index contributed by atoms with van der Waals surface area (Å²) >= 11 is 3.32. The number of nitrogens with zero attached hydrogens (tertiary/aromatic N) is 2. The van der Waals surface area contributed by atoms with Crippen LogP contribution in [0.25, 0.3) is 11.0 Å². The summed E-state index contributed by atoms with van der Waals surface area (Å²) in [5.41, 5.74) is 0.909. The molecule has 0 aliphatic carbocycles. The van der Waals surface area contributed by atoms with Gasteiger partial charge in [-0.05, 0) is 32.4 Å². The van der Waals surface area contributed by atoms with Crippen LogP contribution in [0.4, 0.5) is 4.79 Å². The fourth-order valence-electron chi connectivity index (χ4n) is 1.92. The molecular formula is C14H15BrN2O4. The number of fused-ring (bicyclic) bond motifs is 1. The SMILES string of the molecule is CC(C)(C)OC(=O)c1nc2c(CBr)cccc2n1C(=O)O. The van der Waals surface area contributed by atoms with E-state index < -0.39 is 17.7 Å². The Labute approximate surface area is 129 Å². The van der Waals surface area contributed by atoms with E-state index in [1.54, 1.807) is 32.9 Å². The summed E-state index contributed by atoms with van der Waals surface area (Å²) in [7, 11) is 0. The smallest absolute Gasteiger partial charge is 0.417 e. The first-order valence-electron chi connectivity index (χ1n) is 6.27. The Morgan fingerprint density at radius 2 is 2.05 bits per heavy atom. The molecule has 0 saturated heterocycles. The summed E-state index contributed by atoms with van der Waals surface area (Å²) in [6, 6.07) is 5.14. The number of benzene rings is 1. The third kappa shape index (κ3) is 3.07. The molecular weight excluding hydrogens is 340 g/mol. The highest BCUT2D eigenvalue weighted by Gasteiger charge is 2.27. The van der Waals surface area contributed by atoms with Gasteiger partial charge in [0.15, 0.2) is 0 Å². The van der Waals surface area contributed by atoms with Gasteiger partial charge in [-0.1, -0.05) is 28.1 Å². The zero-order valence-electron chi connectivity index (χ0n) is 11.9. The monoisotopic (exact) mass is 354 g/mol. The molecule has 0 aliphatic rings. The summed E-state index contributed by atoms with van der Waals surface area (Å²) in [6.07, 6.45) is -1.27. The van der Waals surface area contributed by atoms with Gasteiger partial charge in [-0.3, -0.25) is 0 Å². The van der Waals surface area contributed by atoms with Gasteiger partial charge in [0.05, 0.1) is 11.0 Å². The topological polar surface area (TPSA) is 81.4 Å². The molecule has 1 N–H and O–H groups in total. The van der Waals surface area contributed by atoms with E-state index in [-0.39, 0.29) is 5.82 Å². The number of aromatic nitrogens is 2. The van der Waals surface area contributed by atoms with E-state index in [0.717, 1.165) is 10.1 Å². The molecule has 0 bridgehead atoms. The molecule has 21 heavy (non-hydrogen) atoms. The summed E-state index contributed by atoms with van der Waals surface area (Å²) in [6.45, 7) is 5.13. The van der Waals surface area contributed by atoms with Gasteiger partial charge in [0.2, 0.25) is 5.82 Å². The molecule has 2 rings (SSSR count). The Morgan fingerprint density at radius 1 is 1.38 bits per heavy atom. The number of rotatable bonds is 2. The van der Waals surface area contributed by atoms with Crippen molar-refractivity contribution in [2.75, 3.05) is 0 Å². The number of carboxylic acid groups (broad SMARTS) is 1. The van der Waals surface area contributed by atoms with Crippen molar-refractivity contribution in [2.45, 2.75) is 31.7 Å². The predicted molar refractivity (Wildman–Crippen MR) is 81.0 cm³/mol. The minimum atomic E-state index is -1.27. The predicted octanol–water partition coefficient (Wildman–Crippen LogP) is 3.41. The number of hydrogen-bond acceptors (Lipinski definition) is 4. The minimum absolute atomic E-state index is 0.235. The van der Waals surface area contributed by atoms with Crippen molar-refractivity contribution in [2.24, 2.45) is 0 Å². The number of imidazole rings is 1. The molecule has 0 fully saturated rings. The zero-order chi connectivity index (χ0) is 15.8. The number of alkyl halides is 1. The molecule has 7 heteroatoms. The van der Waals surface area contributed by atoms with Crippen LogP contribution in [0, 0.1) is 0 Å². The normalized spacial score (nSPS) is 11.6. The molecule has 1 heterocycles. The van der Waals surface area contributed by atoms with Crippen molar-refractivity contribution >= 4 is 39.0 Å². The first-order chi connectivity index (χ1) is 9.74. The van der Waals surface area contributed by atoms with E-state index in [0.29, 0.717) is 16.4 Å². The second-order valence-corrected chi connectivity index (χ2v) is 6.03. The average Bonchev–Trinajstić information content (AvgIpc) is 2.75. The van der Waals surface area contributed by atoms with Crippen LogP contribution in [0.1, 0.15) is 37.0 Å². The Balaban J connectivity index is 2.65. The number of hydrogen-bond donors (Lipinski definition) is 1. The van der Waals surface area contributed by atoms with Crippen LogP contribution in [0.15, 0.2) is 18.2 Å². The lowest BCUT2D eigenvalue weighted by Crippen LogP contribution is -2.27. The highest BCUT2D eigenvalue weighted by molar-refractivity contribution is 9.08. The van der Waals surface area contributed by atoms with Gasteiger partial charge in [-0.15, -0.1) is 0 Å². The largest absolute Gasteiger partial charge is 0.464 e. The molecule has 0 atom stereocenters. The van der Waals surface area contributed by atoms with Crippen molar-refractivity contribution in [1.29, 1.82) is 0 Å². The Morgan fingerprint density at radius 3 is 2.57 bits per heavy atom. The standard InChI is InChI=1S/C14H15BrN2O4/c1-14(2,3)21-12(18)11-16-10-8(7-15)5-4-6-9(10)17(11)13(19)20/h4-6H,7H2,1-3H3,(H,19,20). The molecule has 112 valence electrons. The molecule has 1 aromatic carbocycles. The Hall–Kier alpha value is -1.89. The molecule has 0 saturated carbocycles. The van der Waals surface area contributed by atoms with Gasteiger partial charge >= 0.3 is 12.1 Å². The molecule has 0 unspecified atom stereocenters. The molecule has 0 radical (unpaired) electrons. The van der Waals surface area contributed by atoms with Gasteiger partial charge in [-0.2, -0.15) is 0 Å². The first kappa shape index (κ1) is 15.5. The van der Waals surface area contributed by atoms with E-state index in [4.69, 9.17) is 4.74 Å². The third-order valence-electron chi connectivity index (χ3n) is 2.69. The highest BCUT2D eigenvalue weighted by Crippen LogP contribution is 2.23. The third-order valence-corrected chi connectivity index (χ3v) is 3.29. The summed E-state index contributed by atoms with van der Waals surface area (Å²) < 4.78 is 6.08. The lowest BCUT2D eigenvalue weighted by Gasteiger charge is -2.18. The maximum atomic E-state index is 12.2. The number of ether oxygens (including phenoxy) is 1. The van der Waals surface area contributed by atoms with Crippen molar-refractivity contribution < 1.29 is 19.4 Å². The van der Waals surface area contributed by atoms with Gasteiger partial charge in [0, 0.05) is 5.33 Å².